The Balaban J connectivity index is 1.73. The fourth-order valence-electron chi connectivity index (χ4n) is 2.63. The van der Waals surface area contributed by atoms with Crippen molar-refractivity contribution < 1.29 is 13.6 Å². The van der Waals surface area contributed by atoms with Gasteiger partial charge in [-0.15, -0.1) is 0 Å². The molecule has 0 spiro atoms. The molecule has 5 nitrogen and oxygen atoms in total. The summed E-state index contributed by atoms with van der Waals surface area (Å²) in [5, 5.41) is -0.0910. The van der Waals surface area contributed by atoms with Crippen LogP contribution >= 0.6 is 23.1 Å². The topological polar surface area (TPSA) is 56.4 Å². The number of amides is 1. The van der Waals surface area contributed by atoms with E-state index in [0.29, 0.717) is 38.3 Å². The van der Waals surface area contributed by atoms with Gasteiger partial charge in [0.05, 0.1) is 0 Å². The van der Waals surface area contributed by atoms with Gasteiger partial charge in [-0.2, -0.15) is 0 Å². The first kappa shape index (κ1) is 16.9. The summed E-state index contributed by atoms with van der Waals surface area (Å²) < 4.78 is 28.9. The third-order valence-corrected chi connectivity index (χ3v) is 5.23. The molecule has 9 heteroatoms. The molecule has 0 unspecified atom stereocenters. The number of anilines is 1. The first-order chi connectivity index (χ1) is 11.5. The van der Waals surface area contributed by atoms with E-state index in [1.54, 1.807) is 4.90 Å². The van der Waals surface area contributed by atoms with Gasteiger partial charge in [-0.05, 0) is 18.6 Å². The molecule has 1 fully saturated rings. The fraction of sp³-hybridized carbons (Fsp3) is 0.333. The summed E-state index contributed by atoms with van der Waals surface area (Å²) in [6, 6.07) is 3.77. The molecule has 3 rings (SSSR count). The number of hydrogen-bond donors (Lipinski definition) is 1. The smallest absolute Gasteiger partial charge is 0.277 e. The lowest BCUT2D eigenvalue weighted by molar-refractivity contribution is 0.0772. The summed E-state index contributed by atoms with van der Waals surface area (Å²) in [4.78, 5) is 27.6. The van der Waals surface area contributed by atoms with Gasteiger partial charge in [-0.25, -0.2) is 8.78 Å². The Morgan fingerprint density at radius 3 is 2.62 bits per heavy atom. The molecular formula is C15H14ClF2N3O2S. The second-order valence-electron chi connectivity index (χ2n) is 5.41. The number of aromatic nitrogens is 1. The van der Waals surface area contributed by atoms with Crippen LogP contribution in [-0.2, 0) is 0 Å². The van der Waals surface area contributed by atoms with Crippen molar-refractivity contribution >= 4 is 34.7 Å². The number of nitrogens with one attached hydrogen (secondary N) is 1. The van der Waals surface area contributed by atoms with Crippen molar-refractivity contribution in [3.05, 3.63) is 50.1 Å². The first-order valence-corrected chi connectivity index (χ1v) is 8.53. The monoisotopic (exact) mass is 373 g/mol. The lowest BCUT2D eigenvalue weighted by Gasteiger charge is -2.23. The van der Waals surface area contributed by atoms with Crippen molar-refractivity contribution in [2.45, 2.75) is 6.42 Å². The molecular weight excluding hydrogens is 360 g/mol. The molecule has 1 aliphatic heterocycles. The molecule has 2 aromatic rings. The van der Waals surface area contributed by atoms with E-state index in [0.717, 1.165) is 23.7 Å². The minimum atomic E-state index is -0.895. The number of carbonyl (C=O) groups excluding carboxylic acids is 1. The average Bonchev–Trinajstić information content (AvgIpc) is 2.78. The van der Waals surface area contributed by atoms with Gasteiger partial charge in [0.1, 0.15) is 9.90 Å². The predicted molar refractivity (Wildman–Crippen MR) is 89.0 cm³/mol. The van der Waals surface area contributed by atoms with Crippen molar-refractivity contribution in [1.82, 2.24) is 9.27 Å². The summed E-state index contributed by atoms with van der Waals surface area (Å²) in [7, 11) is 0. The highest BCUT2D eigenvalue weighted by Crippen LogP contribution is 2.22. The largest absolute Gasteiger partial charge is 0.370 e. The van der Waals surface area contributed by atoms with Crippen LogP contribution < -0.4 is 10.5 Å². The van der Waals surface area contributed by atoms with Crippen molar-refractivity contribution in [1.29, 1.82) is 0 Å². The average molecular weight is 374 g/mol. The van der Waals surface area contributed by atoms with E-state index in [9.17, 15) is 18.4 Å². The van der Waals surface area contributed by atoms with Crippen LogP contribution in [0.15, 0.2) is 23.0 Å². The van der Waals surface area contributed by atoms with Crippen LogP contribution in [0, 0.1) is 11.6 Å². The van der Waals surface area contributed by atoms with Crippen LogP contribution in [0.5, 0.6) is 0 Å². The maximum Gasteiger partial charge on any atom is 0.277 e. The number of aromatic amines is 1. The minimum absolute atomic E-state index is 0.0910. The first-order valence-electron chi connectivity index (χ1n) is 7.33. The summed E-state index contributed by atoms with van der Waals surface area (Å²) in [5.74, 6) is -2.08. The molecule has 0 radical (unpaired) electrons. The van der Waals surface area contributed by atoms with Crippen LogP contribution in [0.1, 0.15) is 16.1 Å². The summed E-state index contributed by atoms with van der Waals surface area (Å²) in [6.45, 7) is 2.00. The highest BCUT2D eigenvalue weighted by Gasteiger charge is 2.25. The van der Waals surface area contributed by atoms with Crippen molar-refractivity contribution in [3.8, 4) is 0 Å². The summed E-state index contributed by atoms with van der Waals surface area (Å²) in [5.41, 5.74) is 0.107. The zero-order chi connectivity index (χ0) is 17.3. The van der Waals surface area contributed by atoms with Crippen molar-refractivity contribution in [2.75, 3.05) is 31.1 Å². The lowest BCUT2D eigenvalue weighted by atomic mass is 10.2. The predicted octanol–water partition coefficient (Wildman–Crippen LogP) is 2.72. The number of nitrogens with zero attached hydrogens (tertiary/aromatic N) is 2. The highest BCUT2D eigenvalue weighted by molar-refractivity contribution is 7.08. The van der Waals surface area contributed by atoms with Crippen LogP contribution in [0.3, 0.4) is 0 Å². The highest BCUT2D eigenvalue weighted by atomic mass is 35.5. The van der Waals surface area contributed by atoms with Gasteiger partial charge in [0.15, 0.2) is 11.6 Å². The van der Waals surface area contributed by atoms with Crippen LogP contribution in [-0.4, -0.2) is 41.4 Å². The standard InChI is InChI=1S/C15H14ClF2N3O2S/c16-12-13(24-19-14(12)22)15(23)21-5-1-4-20(6-7-21)9-2-3-10(17)11(18)8-9/h2-3,8H,1,4-7H2,(H,19,22). The van der Waals surface area contributed by atoms with Crippen LogP contribution in [0.25, 0.3) is 0 Å². The Hall–Kier alpha value is -1.93. The number of benzene rings is 1. The van der Waals surface area contributed by atoms with Gasteiger partial charge < -0.3 is 9.80 Å². The number of H-pyrrole nitrogens is 1. The number of hydrogen-bond acceptors (Lipinski definition) is 4. The molecule has 24 heavy (non-hydrogen) atoms. The molecule has 0 aliphatic carbocycles. The van der Waals surface area contributed by atoms with E-state index in [4.69, 9.17) is 11.6 Å². The molecule has 1 N–H and O–H groups in total. The summed E-state index contributed by atoms with van der Waals surface area (Å²) in [6.07, 6.45) is 0.668. The Bertz CT molecular complexity index is 823. The third kappa shape index (κ3) is 3.29. The SMILES string of the molecule is O=C(c1s[nH]c(=O)c1Cl)N1CCCN(c2ccc(F)c(F)c2)CC1. The van der Waals surface area contributed by atoms with E-state index < -0.39 is 17.2 Å². The third-order valence-electron chi connectivity index (χ3n) is 3.89. The van der Waals surface area contributed by atoms with Crippen molar-refractivity contribution in [2.24, 2.45) is 0 Å². The van der Waals surface area contributed by atoms with Gasteiger partial charge >= 0.3 is 0 Å². The zero-order valence-corrected chi connectivity index (χ0v) is 14.1. The Morgan fingerprint density at radius 2 is 1.96 bits per heavy atom. The van der Waals surface area contributed by atoms with Gasteiger partial charge in [-0.3, -0.25) is 14.0 Å². The van der Waals surface area contributed by atoms with E-state index in [1.807, 2.05) is 4.90 Å². The normalized spacial score (nSPS) is 15.5. The molecule has 0 atom stereocenters. The van der Waals surface area contributed by atoms with Gasteiger partial charge in [0, 0.05) is 37.9 Å². The minimum Gasteiger partial charge on any atom is -0.370 e. The Kier molecular flexibility index (Phi) is 4.86. The fourth-order valence-corrected chi connectivity index (χ4v) is 3.63. The lowest BCUT2D eigenvalue weighted by Crippen LogP contribution is -2.35. The molecule has 1 amide bonds. The quantitative estimate of drug-likeness (QED) is 0.880. The molecule has 1 aromatic heterocycles. The van der Waals surface area contributed by atoms with Crippen LogP contribution in [0.4, 0.5) is 14.5 Å². The molecule has 1 aromatic carbocycles. The van der Waals surface area contributed by atoms with E-state index in [1.165, 1.54) is 6.07 Å². The number of rotatable bonds is 2. The molecule has 0 saturated carbocycles. The molecule has 128 valence electrons. The van der Waals surface area contributed by atoms with Crippen molar-refractivity contribution in [3.63, 3.8) is 0 Å². The Morgan fingerprint density at radius 1 is 1.17 bits per heavy atom. The van der Waals surface area contributed by atoms with Gasteiger partial charge in [-0.1, -0.05) is 23.1 Å². The molecule has 0 bridgehead atoms. The van der Waals surface area contributed by atoms with E-state index in [-0.39, 0.29) is 15.8 Å². The van der Waals surface area contributed by atoms with E-state index >= 15 is 0 Å². The van der Waals surface area contributed by atoms with Gasteiger partial charge in [0.2, 0.25) is 0 Å². The van der Waals surface area contributed by atoms with E-state index in [2.05, 4.69) is 4.37 Å². The molecule has 1 saturated heterocycles. The van der Waals surface area contributed by atoms with Crippen LogP contribution in [0.2, 0.25) is 5.02 Å². The molecule has 2 heterocycles. The number of halogens is 3. The maximum absolute atomic E-state index is 13.4. The Labute approximate surface area is 145 Å². The zero-order valence-electron chi connectivity index (χ0n) is 12.5. The molecule has 1 aliphatic rings. The summed E-state index contributed by atoms with van der Waals surface area (Å²) >= 11 is 6.77. The second-order valence-corrected chi connectivity index (χ2v) is 6.60. The second kappa shape index (κ2) is 6.90. The number of carbonyl (C=O) groups is 1. The van der Waals surface area contributed by atoms with Gasteiger partial charge in [0.25, 0.3) is 11.5 Å². The maximum atomic E-state index is 13.4.